The summed E-state index contributed by atoms with van der Waals surface area (Å²) in [6.45, 7) is 1.78. The van der Waals surface area contributed by atoms with Crippen LogP contribution >= 0.6 is 0 Å². The second kappa shape index (κ2) is 6.27. The number of hydrogen-bond donors (Lipinski definition) is 1. The minimum absolute atomic E-state index is 0.650. The van der Waals surface area contributed by atoms with Crippen molar-refractivity contribution in [2.24, 2.45) is 11.7 Å². The molecule has 0 bridgehead atoms. The van der Waals surface area contributed by atoms with E-state index in [0.717, 1.165) is 13.1 Å². The van der Waals surface area contributed by atoms with Crippen molar-refractivity contribution in [3.63, 3.8) is 0 Å². The van der Waals surface area contributed by atoms with Crippen LogP contribution in [0.25, 0.3) is 0 Å². The molecule has 0 saturated heterocycles. The highest BCUT2D eigenvalue weighted by atomic mass is 15.3. The van der Waals surface area contributed by atoms with Gasteiger partial charge in [-0.05, 0) is 51.3 Å². The van der Waals surface area contributed by atoms with Gasteiger partial charge in [0, 0.05) is 18.8 Å². The van der Waals surface area contributed by atoms with Gasteiger partial charge >= 0.3 is 0 Å². The summed E-state index contributed by atoms with van der Waals surface area (Å²) in [6, 6.07) is 3.50. The van der Waals surface area contributed by atoms with Gasteiger partial charge in [-0.25, -0.2) is 0 Å². The molecule has 1 aromatic heterocycles. The van der Waals surface area contributed by atoms with Crippen molar-refractivity contribution in [3.8, 4) is 0 Å². The highest BCUT2D eigenvalue weighted by molar-refractivity contribution is 5.01. The number of nitrogens with zero attached hydrogens (tertiary/aromatic N) is 3. The van der Waals surface area contributed by atoms with Gasteiger partial charge in [-0.1, -0.05) is 19.3 Å². The van der Waals surface area contributed by atoms with Gasteiger partial charge in [-0.15, -0.1) is 0 Å². The maximum atomic E-state index is 5.90. The zero-order valence-corrected chi connectivity index (χ0v) is 12.7. The van der Waals surface area contributed by atoms with Crippen molar-refractivity contribution in [1.29, 1.82) is 0 Å². The summed E-state index contributed by atoms with van der Waals surface area (Å²) in [5, 5.41) is 4.80. The van der Waals surface area contributed by atoms with E-state index in [1.807, 2.05) is 0 Å². The third-order valence-electron chi connectivity index (χ3n) is 5.26. The standard InChI is InChI=1S/C16H28N4/c1-19(16-8-4-5-13(16)11-17)12-14-9-10-20(18-14)15-6-2-3-7-15/h9-10,13,15-16H,2-8,11-12,17H2,1H3. The van der Waals surface area contributed by atoms with E-state index in [9.17, 15) is 0 Å². The summed E-state index contributed by atoms with van der Waals surface area (Å²) >= 11 is 0. The van der Waals surface area contributed by atoms with Crippen LogP contribution in [0.5, 0.6) is 0 Å². The molecule has 1 heterocycles. The smallest absolute Gasteiger partial charge is 0.0764 e. The first-order chi connectivity index (χ1) is 9.78. The Morgan fingerprint density at radius 2 is 2.05 bits per heavy atom. The first-order valence-electron chi connectivity index (χ1n) is 8.22. The summed E-state index contributed by atoms with van der Waals surface area (Å²) in [5.41, 5.74) is 7.11. The van der Waals surface area contributed by atoms with Crippen LogP contribution in [0.15, 0.2) is 12.3 Å². The Morgan fingerprint density at radius 1 is 1.25 bits per heavy atom. The quantitative estimate of drug-likeness (QED) is 0.899. The number of hydrogen-bond acceptors (Lipinski definition) is 3. The van der Waals surface area contributed by atoms with Gasteiger partial charge in [0.1, 0.15) is 0 Å². The van der Waals surface area contributed by atoms with E-state index in [1.54, 1.807) is 0 Å². The van der Waals surface area contributed by atoms with Crippen molar-refractivity contribution in [2.45, 2.75) is 63.6 Å². The molecule has 2 N–H and O–H groups in total. The molecule has 2 unspecified atom stereocenters. The van der Waals surface area contributed by atoms with E-state index in [1.165, 1.54) is 50.6 Å². The van der Waals surface area contributed by atoms with Crippen LogP contribution in [0, 0.1) is 5.92 Å². The van der Waals surface area contributed by atoms with Crippen molar-refractivity contribution in [2.75, 3.05) is 13.6 Å². The Labute approximate surface area is 122 Å². The molecule has 4 heteroatoms. The van der Waals surface area contributed by atoms with E-state index >= 15 is 0 Å². The molecular formula is C16H28N4. The van der Waals surface area contributed by atoms with E-state index in [2.05, 4.69) is 28.9 Å². The van der Waals surface area contributed by atoms with Crippen LogP contribution in [-0.4, -0.2) is 34.3 Å². The molecule has 2 saturated carbocycles. The molecule has 4 nitrogen and oxygen atoms in total. The van der Waals surface area contributed by atoms with Crippen LogP contribution in [0.1, 0.15) is 56.7 Å². The molecule has 2 fully saturated rings. The topological polar surface area (TPSA) is 47.1 Å². The second-order valence-corrected chi connectivity index (χ2v) is 6.63. The van der Waals surface area contributed by atoms with Gasteiger partial charge < -0.3 is 5.73 Å². The van der Waals surface area contributed by atoms with Gasteiger partial charge in [0.05, 0.1) is 11.7 Å². The SMILES string of the molecule is CN(Cc1ccn(C2CCCC2)n1)C1CCCC1CN. The predicted molar refractivity (Wildman–Crippen MR) is 81.4 cm³/mol. The van der Waals surface area contributed by atoms with Gasteiger partial charge in [-0.3, -0.25) is 9.58 Å². The van der Waals surface area contributed by atoms with Crippen molar-refractivity contribution in [1.82, 2.24) is 14.7 Å². The van der Waals surface area contributed by atoms with Gasteiger partial charge in [0.25, 0.3) is 0 Å². The molecule has 0 spiro atoms. The lowest BCUT2D eigenvalue weighted by molar-refractivity contribution is 0.190. The summed E-state index contributed by atoms with van der Waals surface area (Å²) in [5.74, 6) is 0.678. The third-order valence-corrected chi connectivity index (χ3v) is 5.26. The van der Waals surface area contributed by atoms with E-state index < -0.39 is 0 Å². The van der Waals surface area contributed by atoms with Crippen LogP contribution in [0.3, 0.4) is 0 Å². The minimum Gasteiger partial charge on any atom is -0.330 e. The first-order valence-corrected chi connectivity index (χ1v) is 8.22. The Morgan fingerprint density at radius 3 is 2.80 bits per heavy atom. The summed E-state index contributed by atoms with van der Waals surface area (Å²) in [4.78, 5) is 2.46. The number of aromatic nitrogens is 2. The van der Waals surface area contributed by atoms with Crippen molar-refractivity contribution in [3.05, 3.63) is 18.0 Å². The van der Waals surface area contributed by atoms with E-state index in [-0.39, 0.29) is 0 Å². The molecule has 3 rings (SSSR count). The van der Waals surface area contributed by atoms with E-state index in [4.69, 9.17) is 10.8 Å². The molecule has 0 aromatic carbocycles. The average molecular weight is 276 g/mol. The fraction of sp³-hybridized carbons (Fsp3) is 0.812. The molecule has 112 valence electrons. The molecule has 2 aliphatic rings. The highest BCUT2D eigenvalue weighted by Gasteiger charge is 2.29. The summed E-state index contributed by atoms with van der Waals surface area (Å²) in [7, 11) is 2.23. The Balaban J connectivity index is 1.59. The Hall–Kier alpha value is -0.870. The fourth-order valence-corrected chi connectivity index (χ4v) is 4.08. The second-order valence-electron chi connectivity index (χ2n) is 6.63. The van der Waals surface area contributed by atoms with Crippen molar-refractivity contribution >= 4 is 0 Å². The number of rotatable bonds is 5. The lowest BCUT2D eigenvalue weighted by Gasteiger charge is -2.28. The van der Waals surface area contributed by atoms with Gasteiger partial charge in [-0.2, -0.15) is 5.10 Å². The zero-order chi connectivity index (χ0) is 13.9. The molecule has 2 atom stereocenters. The molecule has 0 radical (unpaired) electrons. The van der Waals surface area contributed by atoms with Crippen LogP contribution in [0.4, 0.5) is 0 Å². The summed E-state index contributed by atoms with van der Waals surface area (Å²) < 4.78 is 2.20. The Bertz CT molecular complexity index is 422. The normalized spacial score (nSPS) is 27.8. The predicted octanol–water partition coefficient (Wildman–Crippen LogP) is 2.56. The molecule has 2 aliphatic carbocycles. The largest absolute Gasteiger partial charge is 0.330 e. The van der Waals surface area contributed by atoms with Crippen molar-refractivity contribution < 1.29 is 0 Å². The lowest BCUT2D eigenvalue weighted by atomic mass is 10.0. The maximum absolute atomic E-state index is 5.90. The molecule has 1 aromatic rings. The fourth-order valence-electron chi connectivity index (χ4n) is 4.08. The summed E-state index contributed by atoms with van der Waals surface area (Å²) in [6.07, 6.45) is 11.4. The average Bonchev–Trinajstić information content (AvgIpc) is 3.19. The molecule has 0 aliphatic heterocycles. The van der Waals surface area contributed by atoms with Crippen LogP contribution in [0.2, 0.25) is 0 Å². The van der Waals surface area contributed by atoms with Gasteiger partial charge in [0.15, 0.2) is 0 Å². The monoisotopic (exact) mass is 276 g/mol. The first kappa shape index (κ1) is 14.1. The minimum atomic E-state index is 0.650. The highest BCUT2D eigenvalue weighted by Crippen LogP contribution is 2.30. The molecule has 0 amide bonds. The van der Waals surface area contributed by atoms with Crippen LogP contribution < -0.4 is 5.73 Å². The van der Waals surface area contributed by atoms with Crippen LogP contribution in [-0.2, 0) is 6.54 Å². The number of nitrogens with two attached hydrogens (primary N) is 1. The molecule has 20 heavy (non-hydrogen) atoms. The third kappa shape index (κ3) is 2.91. The molecular weight excluding hydrogens is 248 g/mol. The zero-order valence-electron chi connectivity index (χ0n) is 12.7. The Kier molecular flexibility index (Phi) is 4.41. The maximum Gasteiger partial charge on any atom is 0.0764 e. The van der Waals surface area contributed by atoms with Gasteiger partial charge in [0.2, 0.25) is 0 Å². The lowest BCUT2D eigenvalue weighted by Crippen LogP contribution is -2.37. The van der Waals surface area contributed by atoms with E-state index in [0.29, 0.717) is 18.0 Å².